The van der Waals surface area contributed by atoms with Gasteiger partial charge in [0.05, 0.1) is 12.7 Å². The second-order valence-corrected chi connectivity index (χ2v) is 17.0. The molecular formula is C43H54F3N3O7. The zero-order valence-corrected chi connectivity index (χ0v) is 31.8. The molecule has 4 unspecified atom stereocenters. The minimum atomic E-state index is -4.69. The predicted molar refractivity (Wildman–Crippen MR) is 202 cm³/mol. The molecule has 304 valence electrons. The van der Waals surface area contributed by atoms with Crippen molar-refractivity contribution in [3.8, 4) is 11.6 Å². The second kappa shape index (κ2) is 15.7. The van der Waals surface area contributed by atoms with Crippen LogP contribution in [0.5, 0.6) is 11.6 Å². The first-order valence-electron chi connectivity index (χ1n) is 20.2. The SMILES string of the molecule is C[C@]12CCC3c4ccc(O)cc4CC(CCCN4CCN(c5ccc([C@H]6O[C@H](CO)[C@H](O)[C@H](O)[C@H]6Oc6cccc(C(F)(F)F)n6)cc5)CC4)C3C1CC[C@@H]2O. The highest BCUT2D eigenvalue weighted by Gasteiger charge is 2.56. The average Bonchev–Trinajstić information content (AvgIpc) is 3.50. The Morgan fingerprint density at radius 3 is 2.45 bits per heavy atom. The van der Waals surface area contributed by atoms with E-state index >= 15 is 0 Å². The maximum absolute atomic E-state index is 13.3. The van der Waals surface area contributed by atoms with Gasteiger partial charge in [0.1, 0.15) is 35.9 Å². The second-order valence-electron chi connectivity index (χ2n) is 17.0. The van der Waals surface area contributed by atoms with Crippen LogP contribution in [0.4, 0.5) is 18.9 Å². The van der Waals surface area contributed by atoms with Gasteiger partial charge in [0.15, 0.2) is 6.10 Å². The molecule has 3 aliphatic carbocycles. The van der Waals surface area contributed by atoms with E-state index < -0.39 is 49.0 Å². The molecule has 5 aliphatic rings. The van der Waals surface area contributed by atoms with Crippen molar-refractivity contribution in [2.75, 3.05) is 44.2 Å². The number of halogens is 3. The third kappa shape index (κ3) is 7.51. The summed E-state index contributed by atoms with van der Waals surface area (Å²) in [5.41, 5.74) is 3.12. The van der Waals surface area contributed by atoms with E-state index in [9.17, 15) is 38.7 Å². The maximum Gasteiger partial charge on any atom is 0.433 e. The van der Waals surface area contributed by atoms with Crippen LogP contribution in [0.2, 0.25) is 0 Å². The number of aromatic nitrogens is 1. The Hall–Kier alpha value is -3.46. The average molecular weight is 782 g/mol. The topological polar surface area (TPSA) is 139 Å². The summed E-state index contributed by atoms with van der Waals surface area (Å²) in [7, 11) is 0. The lowest BCUT2D eigenvalue weighted by Gasteiger charge is -2.53. The number of nitrogens with zero attached hydrogens (tertiary/aromatic N) is 3. The smallest absolute Gasteiger partial charge is 0.433 e. The number of rotatable bonds is 9. The molecule has 2 aliphatic heterocycles. The van der Waals surface area contributed by atoms with E-state index in [0.717, 1.165) is 95.5 Å². The Morgan fingerprint density at radius 2 is 1.71 bits per heavy atom. The molecule has 3 heterocycles. The van der Waals surface area contributed by atoms with Gasteiger partial charge >= 0.3 is 6.18 Å². The number of phenols is 1. The molecule has 0 spiro atoms. The molecule has 0 amide bonds. The largest absolute Gasteiger partial charge is 0.508 e. The Bertz CT molecular complexity index is 1820. The van der Waals surface area contributed by atoms with Crippen molar-refractivity contribution in [2.45, 2.75) is 101 Å². The zero-order valence-electron chi connectivity index (χ0n) is 31.8. The lowest BCUT2D eigenvalue weighted by Crippen LogP contribution is -2.57. The lowest BCUT2D eigenvalue weighted by molar-refractivity contribution is -0.226. The van der Waals surface area contributed by atoms with Crippen LogP contribution in [0.25, 0.3) is 0 Å². The van der Waals surface area contributed by atoms with Gasteiger partial charge in [-0.05, 0) is 128 Å². The third-order valence-corrected chi connectivity index (χ3v) is 14.0. The first kappa shape index (κ1) is 39.4. The number of ether oxygens (including phenoxy) is 2. The molecule has 0 radical (unpaired) electrons. The first-order chi connectivity index (χ1) is 26.8. The highest BCUT2D eigenvalue weighted by atomic mass is 19.4. The van der Waals surface area contributed by atoms with E-state index in [1.54, 1.807) is 0 Å². The summed E-state index contributed by atoms with van der Waals surface area (Å²) in [6.07, 6.45) is -4.09. The summed E-state index contributed by atoms with van der Waals surface area (Å²) < 4.78 is 51.8. The molecule has 56 heavy (non-hydrogen) atoms. The summed E-state index contributed by atoms with van der Waals surface area (Å²) in [5, 5.41) is 52.8. The van der Waals surface area contributed by atoms with E-state index in [-0.39, 0.29) is 17.4 Å². The molecule has 11 atom stereocenters. The standard InChI is InChI=1S/C43H54F3N3O7/c1-42-16-15-31-30-12-11-29(51)23-27(30)22-26(37(31)32(42)13-14-35(42)52)4-3-17-48-18-20-49(21-19-48)28-9-7-25(8-10-28)40-41(39(54)38(53)33(24-50)55-40)56-36-6-2-5-34(47-36)43(44,45)46/h2,5-12,23,26,31-33,35,37-41,50-54H,3-4,13-22,24H2,1H3/t26?,31?,32?,33-,35+,37?,38+,39+,40-,41-,42+/m1/s1. The van der Waals surface area contributed by atoms with Crippen molar-refractivity contribution >= 4 is 5.69 Å². The van der Waals surface area contributed by atoms with Crippen LogP contribution in [0, 0.1) is 23.2 Å². The van der Waals surface area contributed by atoms with Crippen LogP contribution < -0.4 is 9.64 Å². The van der Waals surface area contributed by atoms with E-state index in [2.05, 4.69) is 27.8 Å². The van der Waals surface area contributed by atoms with E-state index in [4.69, 9.17) is 9.47 Å². The van der Waals surface area contributed by atoms with Gasteiger partial charge in [-0.2, -0.15) is 13.2 Å². The molecular weight excluding hydrogens is 727 g/mol. The summed E-state index contributed by atoms with van der Waals surface area (Å²) in [6, 6.07) is 16.7. The molecule has 0 bridgehead atoms. The fourth-order valence-corrected chi connectivity index (χ4v) is 11.0. The quantitative estimate of drug-likeness (QED) is 0.191. The normalized spacial score (nSPS) is 34.8. The van der Waals surface area contributed by atoms with Crippen LogP contribution in [0.1, 0.15) is 79.9 Å². The molecule has 3 aromatic rings. The Morgan fingerprint density at radius 1 is 0.946 bits per heavy atom. The highest BCUT2D eigenvalue weighted by Crippen LogP contribution is 2.62. The Kier molecular flexibility index (Phi) is 11.0. The van der Waals surface area contributed by atoms with Gasteiger partial charge in [-0.1, -0.05) is 31.2 Å². The molecule has 4 fully saturated rings. The molecule has 13 heteroatoms. The maximum atomic E-state index is 13.3. The van der Waals surface area contributed by atoms with Crippen LogP contribution in [-0.2, 0) is 17.3 Å². The van der Waals surface area contributed by atoms with E-state index in [1.807, 2.05) is 36.4 Å². The lowest BCUT2D eigenvalue weighted by atomic mass is 9.52. The number of hydrogen-bond acceptors (Lipinski definition) is 10. The van der Waals surface area contributed by atoms with Crippen molar-refractivity contribution in [1.82, 2.24) is 9.88 Å². The van der Waals surface area contributed by atoms with Crippen LogP contribution >= 0.6 is 0 Å². The van der Waals surface area contributed by atoms with Crippen LogP contribution in [0.15, 0.2) is 60.7 Å². The number of benzene rings is 2. The van der Waals surface area contributed by atoms with Crippen molar-refractivity contribution in [1.29, 1.82) is 0 Å². The number of phenolic OH excluding ortho intramolecular Hbond substituents is 1. The number of hydrogen-bond donors (Lipinski definition) is 5. The van der Waals surface area contributed by atoms with Crippen molar-refractivity contribution in [2.24, 2.45) is 23.2 Å². The number of fused-ring (bicyclic) bond motifs is 5. The number of aliphatic hydroxyl groups excluding tert-OH is 4. The molecule has 5 N–H and O–H groups in total. The van der Waals surface area contributed by atoms with Gasteiger partial charge in [-0.3, -0.25) is 4.90 Å². The van der Waals surface area contributed by atoms with Gasteiger partial charge in [-0.25, -0.2) is 4.98 Å². The van der Waals surface area contributed by atoms with E-state index in [1.165, 1.54) is 17.2 Å². The fraction of sp³-hybridized carbons (Fsp3) is 0.605. The van der Waals surface area contributed by atoms with Crippen molar-refractivity contribution in [3.63, 3.8) is 0 Å². The first-order valence-corrected chi connectivity index (χ1v) is 20.2. The predicted octanol–water partition coefficient (Wildman–Crippen LogP) is 5.45. The molecule has 8 rings (SSSR count). The molecule has 10 nitrogen and oxygen atoms in total. The number of aliphatic hydroxyl groups is 4. The van der Waals surface area contributed by atoms with Crippen molar-refractivity contribution in [3.05, 3.63) is 83.0 Å². The van der Waals surface area contributed by atoms with Crippen molar-refractivity contribution < 1.29 is 48.2 Å². The summed E-state index contributed by atoms with van der Waals surface area (Å²) in [6.45, 7) is 6.26. The van der Waals surface area contributed by atoms with Gasteiger partial charge in [0.2, 0.25) is 5.88 Å². The minimum Gasteiger partial charge on any atom is -0.508 e. The van der Waals surface area contributed by atoms with Gasteiger partial charge in [0, 0.05) is 37.9 Å². The molecule has 2 saturated heterocycles. The van der Waals surface area contributed by atoms with Gasteiger partial charge < -0.3 is 39.9 Å². The number of alkyl halides is 3. The summed E-state index contributed by atoms with van der Waals surface area (Å²) in [5.74, 6) is 2.07. The Labute approximate surface area is 325 Å². The van der Waals surface area contributed by atoms with E-state index in [0.29, 0.717) is 35.0 Å². The van der Waals surface area contributed by atoms with Gasteiger partial charge in [0.25, 0.3) is 0 Å². The molecule has 1 aromatic heterocycles. The number of pyridine rings is 1. The number of aromatic hydroxyl groups is 1. The summed E-state index contributed by atoms with van der Waals surface area (Å²) in [4.78, 5) is 8.39. The van der Waals surface area contributed by atoms with Crippen LogP contribution in [-0.4, -0.2) is 105 Å². The number of anilines is 1. The molecule has 2 saturated carbocycles. The highest BCUT2D eigenvalue weighted by molar-refractivity contribution is 5.49. The molecule has 2 aromatic carbocycles. The van der Waals surface area contributed by atoms with Gasteiger partial charge in [-0.15, -0.1) is 0 Å². The minimum absolute atomic E-state index is 0.00327. The fourth-order valence-electron chi connectivity index (χ4n) is 11.0. The monoisotopic (exact) mass is 781 g/mol. The Balaban J connectivity index is 0.888. The number of piperazine rings is 1. The van der Waals surface area contributed by atoms with Crippen LogP contribution in [0.3, 0.4) is 0 Å². The zero-order chi connectivity index (χ0) is 39.4. The third-order valence-electron chi connectivity index (χ3n) is 14.0. The summed E-state index contributed by atoms with van der Waals surface area (Å²) >= 11 is 0.